The van der Waals surface area contributed by atoms with Crippen LogP contribution in [0.5, 0.6) is 0 Å². The molecule has 0 radical (unpaired) electrons. The van der Waals surface area contributed by atoms with Crippen molar-refractivity contribution in [2.45, 2.75) is 59.2 Å². The van der Waals surface area contributed by atoms with Crippen LogP contribution in [-0.4, -0.2) is 45.1 Å². The Morgan fingerprint density at radius 3 is 2.19 bits per heavy atom. The van der Waals surface area contributed by atoms with E-state index >= 15 is 0 Å². The quantitative estimate of drug-likeness (QED) is 0.213. The third-order valence-corrected chi connectivity index (χ3v) is 7.59. The molecule has 2 N–H and O–H groups in total. The molecule has 0 aliphatic rings. The maximum atomic E-state index is 13.9. The van der Waals surface area contributed by atoms with Gasteiger partial charge in [0.15, 0.2) is 0 Å². The summed E-state index contributed by atoms with van der Waals surface area (Å²) in [6.07, 6.45) is -0.808. The molecular formula is C32H35BrN4O5. The highest BCUT2D eigenvalue weighted by atomic mass is 79.9. The Labute approximate surface area is 253 Å². The number of carbonyl (C=O) groups is 2. The monoisotopic (exact) mass is 634 g/mol. The number of benzene rings is 3. The van der Waals surface area contributed by atoms with Gasteiger partial charge in [0, 0.05) is 29.5 Å². The summed E-state index contributed by atoms with van der Waals surface area (Å²) in [6.45, 7) is 9.82. The number of aromatic nitrogens is 1. The Morgan fingerprint density at radius 1 is 1.05 bits per heavy atom. The number of aryl methyl sites for hydroxylation is 1. The summed E-state index contributed by atoms with van der Waals surface area (Å²) in [7, 11) is 0. The fraction of sp³-hybridized carbons (Fsp3) is 0.312. The molecule has 1 aromatic heterocycles. The highest BCUT2D eigenvalue weighted by molar-refractivity contribution is 9.10. The van der Waals surface area contributed by atoms with Crippen molar-refractivity contribution in [3.05, 3.63) is 98.3 Å². The van der Waals surface area contributed by atoms with Crippen LogP contribution < -0.4 is 15.8 Å². The standard InChI is InChI=1S/C32H35BrN4O5/c1-6-36(19-22-15-11-8-12-16-22)28(38)24(17-21-13-9-7-10-14-21)34-30-35-27-23(33)18-25(20(2)26(27)29(39)42-30)37(31(40)41)32(3,4)5/h7-16,18,24H,6,17,19H2,1-5H3,(H,34,35)(H,40,41). The molecule has 0 fully saturated rings. The topological polar surface area (TPSA) is 116 Å². The first kappa shape index (κ1) is 30.8. The molecule has 42 heavy (non-hydrogen) atoms. The number of hydrogen-bond donors (Lipinski definition) is 2. The second-order valence-corrected chi connectivity index (χ2v) is 11.9. The van der Waals surface area contributed by atoms with Crippen molar-refractivity contribution in [2.24, 2.45) is 0 Å². The number of likely N-dealkylation sites (N-methyl/N-ethyl adjacent to an activating group) is 1. The van der Waals surface area contributed by atoms with Gasteiger partial charge in [0.05, 0.1) is 16.6 Å². The largest absolute Gasteiger partial charge is 0.465 e. The number of halogens is 1. The van der Waals surface area contributed by atoms with Gasteiger partial charge < -0.3 is 19.7 Å². The van der Waals surface area contributed by atoms with Crippen molar-refractivity contribution in [1.29, 1.82) is 0 Å². The van der Waals surface area contributed by atoms with Crippen molar-refractivity contribution in [2.75, 3.05) is 16.8 Å². The number of nitrogens with zero attached hydrogens (tertiary/aromatic N) is 3. The SMILES string of the molecule is CCN(Cc1ccccc1)C(=O)C(Cc1ccccc1)Nc1nc2c(Br)cc(N(C(=O)O)C(C)(C)C)c(C)c2c(=O)o1. The summed E-state index contributed by atoms with van der Waals surface area (Å²) in [5, 5.41) is 13.2. The molecule has 4 rings (SSSR count). The van der Waals surface area contributed by atoms with Crippen molar-refractivity contribution in [1.82, 2.24) is 9.88 Å². The lowest BCUT2D eigenvalue weighted by Crippen LogP contribution is -2.45. The molecule has 0 aliphatic carbocycles. The zero-order valence-electron chi connectivity index (χ0n) is 24.3. The van der Waals surface area contributed by atoms with E-state index in [1.165, 1.54) is 4.90 Å². The van der Waals surface area contributed by atoms with Crippen molar-refractivity contribution in [3.8, 4) is 0 Å². The van der Waals surface area contributed by atoms with Crippen LogP contribution in [0.4, 0.5) is 16.5 Å². The first-order valence-corrected chi connectivity index (χ1v) is 14.5. The van der Waals surface area contributed by atoms with Gasteiger partial charge in [-0.25, -0.2) is 9.59 Å². The van der Waals surface area contributed by atoms with E-state index in [1.807, 2.05) is 67.6 Å². The number of carboxylic acid groups (broad SMARTS) is 1. The molecule has 220 valence electrons. The fourth-order valence-electron chi connectivity index (χ4n) is 4.96. The average Bonchev–Trinajstić information content (AvgIpc) is 2.93. The van der Waals surface area contributed by atoms with Crippen LogP contribution in [0.3, 0.4) is 0 Å². The highest BCUT2D eigenvalue weighted by Gasteiger charge is 2.31. The smallest absolute Gasteiger partial charge is 0.412 e. The van der Waals surface area contributed by atoms with Gasteiger partial charge in [-0.05, 0) is 73.3 Å². The number of anilines is 2. The zero-order valence-corrected chi connectivity index (χ0v) is 25.9. The van der Waals surface area contributed by atoms with Crippen molar-refractivity contribution < 1.29 is 19.1 Å². The average molecular weight is 636 g/mol. The molecule has 3 aromatic carbocycles. The third-order valence-electron chi connectivity index (χ3n) is 6.98. The van der Waals surface area contributed by atoms with Gasteiger partial charge in [0.1, 0.15) is 6.04 Å². The molecule has 4 aromatic rings. The van der Waals surface area contributed by atoms with E-state index in [0.717, 1.165) is 11.1 Å². The van der Waals surface area contributed by atoms with Crippen LogP contribution in [0, 0.1) is 6.92 Å². The first-order valence-electron chi connectivity index (χ1n) is 13.7. The minimum atomic E-state index is -1.15. The molecular weight excluding hydrogens is 600 g/mol. The molecule has 2 amide bonds. The number of hydrogen-bond acceptors (Lipinski definition) is 6. The lowest BCUT2D eigenvalue weighted by atomic mass is 10.0. The van der Waals surface area contributed by atoms with Crippen LogP contribution in [0.1, 0.15) is 44.4 Å². The molecule has 9 nitrogen and oxygen atoms in total. The summed E-state index contributed by atoms with van der Waals surface area (Å²) in [4.78, 5) is 46.9. The second kappa shape index (κ2) is 12.8. The minimum absolute atomic E-state index is 0.101. The van der Waals surface area contributed by atoms with Gasteiger partial charge in [-0.3, -0.25) is 9.69 Å². The van der Waals surface area contributed by atoms with Crippen molar-refractivity contribution in [3.63, 3.8) is 0 Å². The van der Waals surface area contributed by atoms with Gasteiger partial charge in [-0.1, -0.05) is 60.7 Å². The van der Waals surface area contributed by atoms with E-state index in [2.05, 4.69) is 26.2 Å². The molecule has 0 spiro atoms. The van der Waals surface area contributed by atoms with Crippen LogP contribution in [0.25, 0.3) is 10.9 Å². The van der Waals surface area contributed by atoms with Gasteiger partial charge in [0.2, 0.25) is 5.91 Å². The second-order valence-electron chi connectivity index (χ2n) is 11.0. The number of rotatable bonds is 9. The lowest BCUT2D eigenvalue weighted by Gasteiger charge is -2.34. The Morgan fingerprint density at radius 2 is 1.64 bits per heavy atom. The van der Waals surface area contributed by atoms with Gasteiger partial charge in [-0.15, -0.1) is 0 Å². The van der Waals surface area contributed by atoms with Gasteiger partial charge in [0.25, 0.3) is 6.01 Å². The van der Waals surface area contributed by atoms with Crippen LogP contribution in [-0.2, 0) is 17.8 Å². The van der Waals surface area contributed by atoms with E-state index in [-0.39, 0.29) is 17.3 Å². The van der Waals surface area contributed by atoms with E-state index < -0.39 is 23.3 Å². The molecule has 0 saturated heterocycles. The molecule has 0 aliphatic heterocycles. The summed E-state index contributed by atoms with van der Waals surface area (Å²) in [6, 6.07) is 20.1. The Kier molecular flexibility index (Phi) is 9.36. The summed E-state index contributed by atoms with van der Waals surface area (Å²) in [5.41, 5.74) is 1.55. The minimum Gasteiger partial charge on any atom is -0.465 e. The van der Waals surface area contributed by atoms with Crippen molar-refractivity contribution >= 4 is 50.5 Å². The summed E-state index contributed by atoms with van der Waals surface area (Å²) in [5.74, 6) is -0.164. The molecule has 0 saturated carbocycles. The van der Waals surface area contributed by atoms with Crippen LogP contribution in [0.15, 0.2) is 80.4 Å². The Balaban J connectivity index is 1.75. The highest BCUT2D eigenvalue weighted by Crippen LogP contribution is 2.35. The van der Waals surface area contributed by atoms with Crippen LogP contribution >= 0.6 is 15.9 Å². The number of amides is 2. The normalized spacial score (nSPS) is 12.1. The number of carbonyl (C=O) groups excluding carboxylic acids is 1. The molecule has 1 atom stereocenters. The van der Waals surface area contributed by atoms with E-state index in [1.54, 1.807) is 38.7 Å². The molecule has 10 heteroatoms. The van der Waals surface area contributed by atoms with E-state index in [4.69, 9.17) is 4.42 Å². The van der Waals surface area contributed by atoms with Gasteiger partial charge in [-0.2, -0.15) is 4.98 Å². The predicted octanol–water partition coefficient (Wildman–Crippen LogP) is 6.61. The van der Waals surface area contributed by atoms with Crippen LogP contribution in [0.2, 0.25) is 0 Å². The molecule has 1 heterocycles. The summed E-state index contributed by atoms with van der Waals surface area (Å²) < 4.78 is 6.05. The lowest BCUT2D eigenvalue weighted by molar-refractivity contribution is -0.132. The molecule has 1 unspecified atom stereocenters. The predicted molar refractivity (Wildman–Crippen MR) is 168 cm³/mol. The Bertz CT molecular complexity index is 1630. The third kappa shape index (κ3) is 6.82. The Hall–Kier alpha value is -4.18. The number of nitrogens with one attached hydrogen (secondary N) is 1. The van der Waals surface area contributed by atoms with E-state index in [0.29, 0.717) is 40.8 Å². The maximum Gasteiger partial charge on any atom is 0.412 e. The van der Waals surface area contributed by atoms with Gasteiger partial charge >= 0.3 is 11.7 Å². The first-order chi connectivity index (χ1) is 19.9. The fourth-order valence-corrected chi connectivity index (χ4v) is 5.46. The summed E-state index contributed by atoms with van der Waals surface area (Å²) >= 11 is 3.49. The van der Waals surface area contributed by atoms with E-state index in [9.17, 15) is 19.5 Å². The molecule has 0 bridgehead atoms. The maximum absolute atomic E-state index is 13.9. The number of fused-ring (bicyclic) bond motifs is 1. The zero-order chi connectivity index (χ0) is 30.6.